The maximum absolute atomic E-state index is 12.8. The third kappa shape index (κ3) is 5.19. The highest BCUT2D eigenvalue weighted by Crippen LogP contribution is 2.21. The summed E-state index contributed by atoms with van der Waals surface area (Å²) in [7, 11) is -1.01. The molecule has 2 nitrogen and oxygen atoms in total. The molecule has 0 aromatic heterocycles. The Morgan fingerprint density at radius 2 is 2.00 bits per heavy atom. The molecular weight excluding hydrogens is 290 g/mol. The minimum Gasteiger partial charge on any atom is -0.313 e. The average molecular weight is 316 g/mol. The van der Waals surface area contributed by atoms with Gasteiger partial charge in [-0.3, -0.25) is 4.21 Å². The number of hydrogen-bond donors (Lipinski definition) is 1. The molecule has 0 heterocycles. The van der Waals surface area contributed by atoms with Crippen molar-refractivity contribution in [2.24, 2.45) is 0 Å². The quantitative estimate of drug-likeness (QED) is 0.732. The summed E-state index contributed by atoms with van der Waals surface area (Å²) in [6.45, 7) is 7.43. The third-order valence-electron chi connectivity index (χ3n) is 3.41. The van der Waals surface area contributed by atoms with Gasteiger partial charge in [-0.25, -0.2) is 0 Å². The van der Waals surface area contributed by atoms with Crippen molar-refractivity contribution in [3.05, 3.63) is 29.3 Å². The molecule has 0 saturated heterocycles. The van der Waals surface area contributed by atoms with E-state index >= 15 is 0 Å². The fourth-order valence-electron chi connectivity index (χ4n) is 2.41. The van der Waals surface area contributed by atoms with Gasteiger partial charge in [0.2, 0.25) is 0 Å². The van der Waals surface area contributed by atoms with E-state index in [1.807, 2.05) is 24.3 Å². The molecule has 1 aromatic carbocycles. The standard InChI is InChI=1S/C16H26ClNOS/c1-4-8-15(18-11-5-2)16(6-3)20(19)14-10-7-9-13(17)12-14/h7,9-10,12,15-16,18H,4-6,8,11H2,1-3H3. The molecule has 0 saturated carbocycles. The Hall–Kier alpha value is -0.380. The lowest BCUT2D eigenvalue weighted by atomic mass is 10.1. The molecule has 0 spiro atoms. The van der Waals surface area contributed by atoms with Gasteiger partial charge in [0.25, 0.3) is 0 Å². The van der Waals surface area contributed by atoms with Gasteiger partial charge in [-0.1, -0.05) is 44.9 Å². The zero-order valence-electron chi connectivity index (χ0n) is 12.7. The second kappa shape index (κ2) is 9.54. The van der Waals surface area contributed by atoms with Crippen molar-refractivity contribution < 1.29 is 4.21 Å². The number of hydrogen-bond acceptors (Lipinski definition) is 2. The number of halogens is 1. The van der Waals surface area contributed by atoms with Crippen LogP contribution in [-0.4, -0.2) is 22.0 Å². The van der Waals surface area contributed by atoms with Crippen molar-refractivity contribution in [1.82, 2.24) is 5.32 Å². The average Bonchev–Trinajstić information content (AvgIpc) is 2.45. The Labute approximate surface area is 130 Å². The molecule has 0 radical (unpaired) electrons. The van der Waals surface area contributed by atoms with Crippen LogP contribution in [0.2, 0.25) is 5.02 Å². The van der Waals surface area contributed by atoms with E-state index in [1.165, 1.54) is 0 Å². The van der Waals surface area contributed by atoms with Gasteiger partial charge in [0.05, 0.1) is 16.0 Å². The topological polar surface area (TPSA) is 29.1 Å². The van der Waals surface area contributed by atoms with Gasteiger partial charge in [-0.15, -0.1) is 0 Å². The van der Waals surface area contributed by atoms with E-state index in [-0.39, 0.29) is 5.25 Å². The van der Waals surface area contributed by atoms with E-state index in [4.69, 9.17) is 11.6 Å². The molecule has 1 N–H and O–H groups in total. The van der Waals surface area contributed by atoms with Gasteiger partial charge >= 0.3 is 0 Å². The Morgan fingerprint density at radius 3 is 2.55 bits per heavy atom. The van der Waals surface area contributed by atoms with Crippen molar-refractivity contribution in [1.29, 1.82) is 0 Å². The van der Waals surface area contributed by atoms with Gasteiger partial charge in [0.15, 0.2) is 0 Å². The summed E-state index contributed by atoms with van der Waals surface area (Å²) < 4.78 is 12.8. The molecule has 0 bridgehead atoms. The molecule has 20 heavy (non-hydrogen) atoms. The Balaban J connectivity index is 2.88. The minimum atomic E-state index is -1.01. The van der Waals surface area contributed by atoms with Gasteiger partial charge in [-0.05, 0) is 44.0 Å². The predicted octanol–water partition coefficient (Wildman–Crippen LogP) is 4.39. The van der Waals surface area contributed by atoms with Crippen molar-refractivity contribution in [2.75, 3.05) is 6.54 Å². The summed E-state index contributed by atoms with van der Waals surface area (Å²) in [6, 6.07) is 7.74. The van der Waals surface area contributed by atoms with Crippen LogP contribution in [0.3, 0.4) is 0 Å². The number of benzene rings is 1. The largest absolute Gasteiger partial charge is 0.313 e. The molecule has 3 unspecified atom stereocenters. The molecule has 114 valence electrons. The van der Waals surface area contributed by atoms with Crippen LogP contribution in [-0.2, 0) is 10.8 Å². The SMILES string of the molecule is CCCNC(CCC)C(CC)S(=O)c1cccc(Cl)c1. The van der Waals surface area contributed by atoms with E-state index in [0.29, 0.717) is 11.1 Å². The van der Waals surface area contributed by atoms with Crippen LogP contribution in [0.5, 0.6) is 0 Å². The van der Waals surface area contributed by atoms with Crippen molar-refractivity contribution >= 4 is 22.4 Å². The van der Waals surface area contributed by atoms with Crippen LogP contribution >= 0.6 is 11.6 Å². The summed E-state index contributed by atoms with van der Waals surface area (Å²) in [5.74, 6) is 0. The van der Waals surface area contributed by atoms with Crippen LogP contribution in [0.1, 0.15) is 46.5 Å². The van der Waals surface area contributed by atoms with Crippen LogP contribution in [0.15, 0.2) is 29.2 Å². The highest BCUT2D eigenvalue weighted by molar-refractivity contribution is 7.85. The lowest BCUT2D eigenvalue weighted by molar-refractivity contribution is 0.447. The summed E-state index contributed by atoms with van der Waals surface area (Å²) in [5.41, 5.74) is 0. The fraction of sp³-hybridized carbons (Fsp3) is 0.625. The maximum Gasteiger partial charge on any atom is 0.0577 e. The lowest BCUT2D eigenvalue weighted by Gasteiger charge is -2.26. The Morgan fingerprint density at radius 1 is 1.25 bits per heavy atom. The molecule has 4 heteroatoms. The van der Waals surface area contributed by atoms with Crippen molar-refractivity contribution in [2.45, 2.75) is 62.6 Å². The second-order valence-electron chi connectivity index (χ2n) is 5.05. The summed E-state index contributed by atoms with van der Waals surface area (Å²) in [4.78, 5) is 0.837. The smallest absolute Gasteiger partial charge is 0.0577 e. The Kier molecular flexibility index (Phi) is 8.43. The van der Waals surface area contributed by atoms with Crippen LogP contribution < -0.4 is 5.32 Å². The minimum absolute atomic E-state index is 0.139. The highest BCUT2D eigenvalue weighted by Gasteiger charge is 2.25. The summed E-state index contributed by atoms with van der Waals surface area (Å²) in [5, 5.41) is 4.35. The second-order valence-corrected chi connectivity index (χ2v) is 7.16. The summed E-state index contributed by atoms with van der Waals surface area (Å²) >= 11 is 6.01. The van der Waals surface area contributed by atoms with Crippen molar-refractivity contribution in [3.63, 3.8) is 0 Å². The molecular formula is C16H26ClNOS. The van der Waals surface area contributed by atoms with E-state index in [0.717, 1.165) is 37.1 Å². The van der Waals surface area contributed by atoms with E-state index in [1.54, 1.807) is 0 Å². The molecule has 0 aliphatic heterocycles. The molecule has 3 atom stereocenters. The number of nitrogens with one attached hydrogen (secondary N) is 1. The third-order valence-corrected chi connectivity index (χ3v) is 5.58. The van der Waals surface area contributed by atoms with Gasteiger partial charge < -0.3 is 5.32 Å². The van der Waals surface area contributed by atoms with E-state index in [9.17, 15) is 4.21 Å². The Bertz CT molecular complexity index is 425. The van der Waals surface area contributed by atoms with Gasteiger partial charge in [0.1, 0.15) is 0 Å². The zero-order valence-corrected chi connectivity index (χ0v) is 14.3. The molecule has 1 rings (SSSR count). The monoisotopic (exact) mass is 315 g/mol. The number of rotatable bonds is 9. The van der Waals surface area contributed by atoms with Gasteiger partial charge in [-0.2, -0.15) is 0 Å². The van der Waals surface area contributed by atoms with E-state index in [2.05, 4.69) is 26.1 Å². The molecule has 0 fully saturated rings. The lowest BCUT2D eigenvalue weighted by Crippen LogP contribution is -2.42. The maximum atomic E-state index is 12.8. The first-order valence-corrected chi connectivity index (χ1v) is 9.12. The van der Waals surface area contributed by atoms with Crippen LogP contribution in [0, 0.1) is 0 Å². The normalized spacial score (nSPS) is 15.8. The van der Waals surface area contributed by atoms with Crippen LogP contribution in [0.25, 0.3) is 0 Å². The molecule has 0 aliphatic rings. The van der Waals surface area contributed by atoms with Gasteiger partial charge in [0, 0.05) is 16.0 Å². The first kappa shape index (κ1) is 17.7. The molecule has 0 aliphatic carbocycles. The highest BCUT2D eigenvalue weighted by atomic mass is 35.5. The fourth-order valence-corrected chi connectivity index (χ4v) is 4.31. The first-order chi connectivity index (χ1) is 9.63. The first-order valence-electron chi connectivity index (χ1n) is 7.53. The predicted molar refractivity (Wildman–Crippen MR) is 88.9 cm³/mol. The van der Waals surface area contributed by atoms with E-state index < -0.39 is 10.8 Å². The van der Waals surface area contributed by atoms with Crippen LogP contribution in [0.4, 0.5) is 0 Å². The molecule has 0 amide bonds. The van der Waals surface area contributed by atoms with Crippen molar-refractivity contribution in [3.8, 4) is 0 Å². The summed E-state index contributed by atoms with van der Waals surface area (Å²) in [6.07, 6.45) is 4.16. The zero-order chi connectivity index (χ0) is 15.0. The molecule has 1 aromatic rings.